The van der Waals surface area contributed by atoms with Crippen LogP contribution in [0.5, 0.6) is 0 Å². The van der Waals surface area contributed by atoms with Gasteiger partial charge in [-0.05, 0) is 35.9 Å². The lowest BCUT2D eigenvalue weighted by atomic mass is 10.2. The molecule has 23 heavy (non-hydrogen) atoms. The zero-order valence-electron chi connectivity index (χ0n) is 12.7. The zero-order chi connectivity index (χ0) is 16.1. The van der Waals surface area contributed by atoms with E-state index in [0.717, 1.165) is 24.5 Å². The minimum absolute atomic E-state index is 0.0330. The molecule has 0 unspecified atom stereocenters. The summed E-state index contributed by atoms with van der Waals surface area (Å²) in [5.41, 5.74) is 0.929. The summed E-state index contributed by atoms with van der Waals surface area (Å²) < 4.78 is 0. The van der Waals surface area contributed by atoms with Crippen LogP contribution >= 0.6 is 11.6 Å². The van der Waals surface area contributed by atoms with E-state index in [-0.39, 0.29) is 5.91 Å². The van der Waals surface area contributed by atoms with Crippen molar-refractivity contribution in [2.75, 3.05) is 31.1 Å². The van der Waals surface area contributed by atoms with Gasteiger partial charge in [0.25, 0.3) is 0 Å². The van der Waals surface area contributed by atoms with Crippen LogP contribution in [-0.2, 0) is 4.79 Å². The Kier molecular flexibility index (Phi) is 4.93. The van der Waals surface area contributed by atoms with Crippen LogP contribution in [0.25, 0.3) is 6.08 Å². The first-order chi connectivity index (χ1) is 11.2. The molecular formula is C18H18ClN3O. The van der Waals surface area contributed by atoms with Gasteiger partial charge in [0.15, 0.2) is 0 Å². The number of carbonyl (C=O) groups is 1. The van der Waals surface area contributed by atoms with Crippen LogP contribution in [0, 0.1) is 0 Å². The minimum Gasteiger partial charge on any atom is -0.353 e. The second kappa shape index (κ2) is 7.29. The number of anilines is 1. The normalized spacial score (nSPS) is 15.2. The molecule has 1 amide bonds. The number of pyridine rings is 1. The Hall–Kier alpha value is -2.33. The summed E-state index contributed by atoms with van der Waals surface area (Å²) in [5, 5.41) is 0.670. The summed E-state index contributed by atoms with van der Waals surface area (Å²) in [5.74, 6) is 1.000. The zero-order valence-corrected chi connectivity index (χ0v) is 13.5. The number of hydrogen-bond acceptors (Lipinski definition) is 3. The van der Waals surface area contributed by atoms with Crippen molar-refractivity contribution in [1.82, 2.24) is 9.88 Å². The summed E-state index contributed by atoms with van der Waals surface area (Å²) in [6.07, 6.45) is 5.21. The molecule has 2 aromatic rings. The molecule has 1 fully saturated rings. The third-order valence-electron chi connectivity index (χ3n) is 3.83. The molecule has 0 bridgehead atoms. The highest BCUT2D eigenvalue weighted by Crippen LogP contribution is 2.14. The van der Waals surface area contributed by atoms with Crippen LogP contribution < -0.4 is 4.90 Å². The first-order valence-electron chi connectivity index (χ1n) is 7.61. The van der Waals surface area contributed by atoms with Gasteiger partial charge >= 0.3 is 0 Å². The highest BCUT2D eigenvalue weighted by Gasteiger charge is 2.20. The number of benzene rings is 1. The fourth-order valence-electron chi connectivity index (χ4n) is 2.58. The van der Waals surface area contributed by atoms with Crippen LogP contribution in [0.1, 0.15) is 5.56 Å². The van der Waals surface area contributed by atoms with Crippen molar-refractivity contribution in [1.29, 1.82) is 0 Å². The Morgan fingerprint density at radius 1 is 1.09 bits per heavy atom. The number of aromatic nitrogens is 1. The van der Waals surface area contributed by atoms with E-state index in [1.807, 2.05) is 47.4 Å². The van der Waals surface area contributed by atoms with Crippen LogP contribution in [0.4, 0.5) is 5.82 Å². The van der Waals surface area contributed by atoms with Crippen molar-refractivity contribution in [3.05, 3.63) is 65.3 Å². The van der Waals surface area contributed by atoms with E-state index in [1.54, 1.807) is 18.3 Å². The van der Waals surface area contributed by atoms with Gasteiger partial charge in [-0.3, -0.25) is 4.79 Å². The average molecular weight is 328 g/mol. The number of rotatable bonds is 3. The highest BCUT2D eigenvalue weighted by atomic mass is 35.5. The molecule has 0 radical (unpaired) electrons. The summed E-state index contributed by atoms with van der Waals surface area (Å²) in [7, 11) is 0. The second-order valence-corrected chi connectivity index (χ2v) is 5.83. The van der Waals surface area contributed by atoms with Crippen LogP contribution in [-0.4, -0.2) is 42.0 Å². The second-order valence-electron chi connectivity index (χ2n) is 5.39. The van der Waals surface area contributed by atoms with Crippen LogP contribution in [0.2, 0.25) is 5.02 Å². The molecule has 5 heteroatoms. The first-order valence-corrected chi connectivity index (χ1v) is 7.99. The van der Waals surface area contributed by atoms with Gasteiger partial charge in [-0.1, -0.05) is 29.8 Å². The SMILES string of the molecule is O=C(/C=C/c1cccc(Cl)c1)N1CCN(c2ccccn2)CC1. The van der Waals surface area contributed by atoms with Gasteiger partial charge in [0.1, 0.15) is 5.82 Å². The summed E-state index contributed by atoms with van der Waals surface area (Å²) >= 11 is 5.94. The summed E-state index contributed by atoms with van der Waals surface area (Å²) in [6, 6.07) is 13.3. The number of carbonyl (C=O) groups excluding carboxylic acids is 1. The number of piperazine rings is 1. The molecule has 0 atom stereocenters. The van der Waals surface area contributed by atoms with Gasteiger partial charge in [0.05, 0.1) is 0 Å². The third kappa shape index (κ3) is 4.11. The fourth-order valence-corrected chi connectivity index (χ4v) is 2.78. The van der Waals surface area contributed by atoms with E-state index in [2.05, 4.69) is 9.88 Å². The topological polar surface area (TPSA) is 36.4 Å². The molecule has 1 aromatic carbocycles. The Labute approximate surface area is 141 Å². The van der Waals surface area contributed by atoms with E-state index in [1.165, 1.54) is 0 Å². The van der Waals surface area contributed by atoms with Gasteiger partial charge in [-0.25, -0.2) is 4.98 Å². The maximum Gasteiger partial charge on any atom is 0.246 e. The summed E-state index contributed by atoms with van der Waals surface area (Å²) in [6.45, 7) is 3.01. The molecule has 0 saturated carbocycles. The fraction of sp³-hybridized carbons (Fsp3) is 0.222. The predicted octanol–water partition coefficient (Wildman–Crippen LogP) is 3.10. The van der Waals surface area contributed by atoms with Gasteiger partial charge < -0.3 is 9.80 Å². The lowest BCUT2D eigenvalue weighted by molar-refractivity contribution is -0.126. The molecule has 1 aliphatic heterocycles. The Morgan fingerprint density at radius 2 is 1.91 bits per heavy atom. The van der Waals surface area contributed by atoms with Gasteiger partial charge in [-0.15, -0.1) is 0 Å². The van der Waals surface area contributed by atoms with Crippen molar-refractivity contribution < 1.29 is 4.79 Å². The van der Waals surface area contributed by atoms with Gasteiger partial charge in [-0.2, -0.15) is 0 Å². The van der Waals surface area contributed by atoms with Gasteiger partial charge in [0.2, 0.25) is 5.91 Å². The van der Waals surface area contributed by atoms with E-state index in [0.29, 0.717) is 18.1 Å². The smallest absolute Gasteiger partial charge is 0.246 e. The molecular weight excluding hydrogens is 310 g/mol. The van der Waals surface area contributed by atoms with Crippen LogP contribution in [0.3, 0.4) is 0 Å². The van der Waals surface area contributed by atoms with Crippen molar-refractivity contribution in [2.45, 2.75) is 0 Å². The predicted molar refractivity (Wildman–Crippen MR) is 93.5 cm³/mol. The molecule has 3 rings (SSSR count). The molecule has 0 N–H and O–H groups in total. The molecule has 1 aromatic heterocycles. The average Bonchev–Trinajstić information content (AvgIpc) is 2.61. The number of amides is 1. The number of nitrogens with zero attached hydrogens (tertiary/aromatic N) is 3. The monoisotopic (exact) mass is 327 g/mol. The number of halogens is 1. The van der Waals surface area contributed by atoms with Crippen molar-refractivity contribution in [3.8, 4) is 0 Å². The minimum atomic E-state index is 0.0330. The molecule has 0 aliphatic carbocycles. The van der Waals surface area contributed by atoms with E-state index in [4.69, 9.17) is 11.6 Å². The number of hydrogen-bond donors (Lipinski definition) is 0. The third-order valence-corrected chi connectivity index (χ3v) is 4.07. The van der Waals surface area contributed by atoms with Crippen molar-refractivity contribution in [2.24, 2.45) is 0 Å². The molecule has 1 saturated heterocycles. The standard InChI is InChI=1S/C18H18ClN3O/c19-16-5-3-4-15(14-16)7-8-18(23)22-12-10-21(11-13-22)17-6-1-2-9-20-17/h1-9,14H,10-13H2/b8-7+. The largest absolute Gasteiger partial charge is 0.353 e. The first kappa shape index (κ1) is 15.6. The van der Waals surface area contributed by atoms with E-state index in [9.17, 15) is 4.79 Å². The van der Waals surface area contributed by atoms with Crippen LogP contribution in [0.15, 0.2) is 54.7 Å². The Balaban J connectivity index is 1.56. The Morgan fingerprint density at radius 3 is 2.61 bits per heavy atom. The van der Waals surface area contributed by atoms with E-state index >= 15 is 0 Å². The van der Waals surface area contributed by atoms with Crippen molar-refractivity contribution >= 4 is 29.4 Å². The lowest BCUT2D eigenvalue weighted by Crippen LogP contribution is -2.48. The molecule has 2 heterocycles. The maximum absolute atomic E-state index is 12.3. The van der Waals surface area contributed by atoms with Gasteiger partial charge in [0, 0.05) is 43.5 Å². The molecule has 0 spiro atoms. The summed E-state index contributed by atoms with van der Waals surface area (Å²) in [4.78, 5) is 20.7. The van der Waals surface area contributed by atoms with Crippen molar-refractivity contribution in [3.63, 3.8) is 0 Å². The lowest BCUT2D eigenvalue weighted by Gasteiger charge is -2.34. The Bertz CT molecular complexity index is 694. The van der Waals surface area contributed by atoms with E-state index < -0.39 is 0 Å². The maximum atomic E-state index is 12.3. The quantitative estimate of drug-likeness (QED) is 0.813. The molecule has 1 aliphatic rings. The highest BCUT2D eigenvalue weighted by molar-refractivity contribution is 6.30. The molecule has 4 nitrogen and oxygen atoms in total. The molecule has 118 valence electrons.